The van der Waals surface area contributed by atoms with Crippen LogP contribution in [0.3, 0.4) is 0 Å². The summed E-state index contributed by atoms with van der Waals surface area (Å²) < 4.78 is 0. The highest BCUT2D eigenvalue weighted by molar-refractivity contribution is 5.46. The van der Waals surface area contributed by atoms with Crippen LogP contribution >= 0.6 is 0 Å². The molecule has 2 atom stereocenters. The first-order valence-corrected chi connectivity index (χ1v) is 8.00. The summed E-state index contributed by atoms with van der Waals surface area (Å²) in [6, 6.07) is 21.1. The molecule has 3 rings (SSSR count). The standard InChI is InChI=1S/C19H24N2O/c1-16(22)19-15-20(18-10-6-3-7-11-18)12-13-21(19)14-17-8-4-2-5-9-17/h2-11,16,19,22H,12-15H2,1H3/t16-,19-/m0/s1. The molecule has 1 fully saturated rings. The average Bonchev–Trinajstić information content (AvgIpc) is 2.57. The van der Waals surface area contributed by atoms with Gasteiger partial charge >= 0.3 is 0 Å². The van der Waals surface area contributed by atoms with Crippen molar-refractivity contribution in [2.75, 3.05) is 24.5 Å². The fourth-order valence-corrected chi connectivity index (χ4v) is 3.19. The van der Waals surface area contributed by atoms with Crippen molar-refractivity contribution < 1.29 is 5.11 Å². The van der Waals surface area contributed by atoms with Gasteiger partial charge in [0, 0.05) is 31.9 Å². The minimum atomic E-state index is -0.338. The first-order valence-electron chi connectivity index (χ1n) is 8.00. The molecule has 0 aliphatic carbocycles. The summed E-state index contributed by atoms with van der Waals surface area (Å²) in [4.78, 5) is 4.78. The lowest BCUT2D eigenvalue weighted by Crippen LogP contribution is -2.56. The van der Waals surface area contributed by atoms with E-state index in [0.29, 0.717) is 0 Å². The molecule has 1 saturated heterocycles. The maximum atomic E-state index is 10.2. The zero-order chi connectivity index (χ0) is 15.4. The third-order valence-corrected chi connectivity index (χ3v) is 4.44. The number of anilines is 1. The summed E-state index contributed by atoms with van der Waals surface area (Å²) in [6.45, 7) is 5.64. The van der Waals surface area contributed by atoms with E-state index in [9.17, 15) is 5.11 Å². The van der Waals surface area contributed by atoms with E-state index in [1.165, 1.54) is 11.3 Å². The van der Waals surface area contributed by atoms with Crippen LogP contribution in [0.2, 0.25) is 0 Å². The third kappa shape index (κ3) is 3.49. The molecular formula is C19H24N2O. The van der Waals surface area contributed by atoms with Gasteiger partial charge in [-0.1, -0.05) is 48.5 Å². The molecule has 116 valence electrons. The largest absolute Gasteiger partial charge is 0.392 e. The van der Waals surface area contributed by atoms with Gasteiger partial charge < -0.3 is 10.0 Å². The fraction of sp³-hybridized carbons (Fsp3) is 0.368. The van der Waals surface area contributed by atoms with Crippen molar-refractivity contribution in [1.29, 1.82) is 0 Å². The Hall–Kier alpha value is -1.84. The zero-order valence-electron chi connectivity index (χ0n) is 13.1. The highest BCUT2D eigenvalue weighted by Gasteiger charge is 2.30. The van der Waals surface area contributed by atoms with Gasteiger partial charge in [-0.2, -0.15) is 0 Å². The van der Waals surface area contributed by atoms with Gasteiger partial charge in [0.2, 0.25) is 0 Å². The van der Waals surface area contributed by atoms with Gasteiger partial charge in [-0.15, -0.1) is 0 Å². The molecule has 22 heavy (non-hydrogen) atoms. The number of benzene rings is 2. The van der Waals surface area contributed by atoms with Crippen LogP contribution in [0, 0.1) is 0 Å². The molecule has 2 aromatic carbocycles. The predicted molar refractivity (Wildman–Crippen MR) is 91.0 cm³/mol. The minimum absolute atomic E-state index is 0.161. The molecule has 2 aromatic rings. The third-order valence-electron chi connectivity index (χ3n) is 4.44. The van der Waals surface area contributed by atoms with Crippen molar-refractivity contribution >= 4 is 5.69 Å². The summed E-state index contributed by atoms with van der Waals surface area (Å²) in [5.41, 5.74) is 2.55. The number of hydrogen-bond donors (Lipinski definition) is 1. The second-order valence-corrected chi connectivity index (χ2v) is 6.05. The van der Waals surface area contributed by atoms with Crippen molar-refractivity contribution in [2.24, 2.45) is 0 Å². The van der Waals surface area contributed by atoms with Crippen LogP contribution in [0.1, 0.15) is 12.5 Å². The number of piperazine rings is 1. The number of aliphatic hydroxyl groups excluding tert-OH is 1. The summed E-state index contributed by atoms with van der Waals surface area (Å²) in [5.74, 6) is 0. The molecule has 3 nitrogen and oxygen atoms in total. The van der Waals surface area contributed by atoms with Gasteiger partial charge in [0.05, 0.1) is 12.1 Å². The van der Waals surface area contributed by atoms with Gasteiger partial charge in [0.25, 0.3) is 0 Å². The Morgan fingerprint density at radius 1 is 1.00 bits per heavy atom. The lowest BCUT2D eigenvalue weighted by Gasteiger charge is -2.43. The Bertz CT molecular complexity index is 571. The van der Waals surface area contributed by atoms with Crippen molar-refractivity contribution in [3.05, 3.63) is 66.2 Å². The van der Waals surface area contributed by atoms with E-state index in [4.69, 9.17) is 0 Å². The molecular weight excluding hydrogens is 272 g/mol. The Balaban J connectivity index is 1.72. The smallest absolute Gasteiger partial charge is 0.0684 e. The summed E-state index contributed by atoms with van der Waals surface area (Å²) in [6.07, 6.45) is -0.338. The monoisotopic (exact) mass is 296 g/mol. The molecule has 0 bridgehead atoms. The van der Waals surface area contributed by atoms with Gasteiger partial charge in [0.15, 0.2) is 0 Å². The van der Waals surface area contributed by atoms with E-state index < -0.39 is 0 Å². The number of aliphatic hydroxyl groups is 1. The Morgan fingerprint density at radius 3 is 2.27 bits per heavy atom. The SMILES string of the molecule is C[C@H](O)[C@@H]1CN(c2ccccc2)CCN1Cc1ccccc1. The molecule has 0 saturated carbocycles. The van der Waals surface area contributed by atoms with Gasteiger partial charge in [-0.3, -0.25) is 4.90 Å². The highest BCUT2D eigenvalue weighted by Crippen LogP contribution is 2.22. The van der Waals surface area contributed by atoms with Crippen LogP contribution in [0.4, 0.5) is 5.69 Å². The zero-order valence-corrected chi connectivity index (χ0v) is 13.1. The summed E-state index contributed by atoms with van der Waals surface area (Å²) in [7, 11) is 0. The van der Waals surface area contributed by atoms with Crippen LogP contribution in [-0.2, 0) is 6.54 Å². The van der Waals surface area contributed by atoms with E-state index >= 15 is 0 Å². The normalized spacial score (nSPS) is 20.8. The maximum absolute atomic E-state index is 10.2. The van der Waals surface area contributed by atoms with Crippen LogP contribution in [-0.4, -0.2) is 41.8 Å². The lowest BCUT2D eigenvalue weighted by atomic mass is 10.0. The fourth-order valence-electron chi connectivity index (χ4n) is 3.19. The molecule has 0 radical (unpaired) electrons. The second-order valence-electron chi connectivity index (χ2n) is 6.05. The Morgan fingerprint density at radius 2 is 1.64 bits per heavy atom. The number of hydrogen-bond acceptors (Lipinski definition) is 3. The molecule has 0 spiro atoms. The van der Waals surface area contributed by atoms with Gasteiger partial charge in [0.1, 0.15) is 0 Å². The Labute approximate surface area is 132 Å². The van der Waals surface area contributed by atoms with E-state index in [-0.39, 0.29) is 12.1 Å². The van der Waals surface area contributed by atoms with E-state index in [1.54, 1.807) is 0 Å². The molecule has 0 aromatic heterocycles. The maximum Gasteiger partial charge on any atom is 0.0684 e. The minimum Gasteiger partial charge on any atom is -0.392 e. The molecule has 3 heteroatoms. The molecule has 1 N–H and O–H groups in total. The molecule has 1 aliphatic rings. The van der Waals surface area contributed by atoms with Crippen LogP contribution in [0.15, 0.2) is 60.7 Å². The lowest BCUT2D eigenvalue weighted by molar-refractivity contribution is 0.0483. The average molecular weight is 296 g/mol. The highest BCUT2D eigenvalue weighted by atomic mass is 16.3. The van der Waals surface area contributed by atoms with Crippen LogP contribution < -0.4 is 4.90 Å². The first kappa shape index (κ1) is 15.1. The van der Waals surface area contributed by atoms with Crippen molar-refractivity contribution in [1.82, 2.24) is 4.90 Å². The van der Waals surface area contributed by atoms with Crippen molar-refractivity contribution in [3.63, 3.8) is 0 Å². The van der Waals surface area contributed by atoms with Crippen LogP contribution in [0.5, 0.6) is 0 Å². The number of rotatable bonds is 4. The van der Waals surface area contributed by atoms with Crippen LogP contribution in [0.25, 0.3) is 0 Å². The quantitative estimate of drug-likeness (QED) is 0.940. The van der Waals surface area contributed by atoms with Crippen molar-refractivity contribution in [2.45, 2.75) is 25.6 Å². The molecule has 1 heterocycles. The van der Waals surface area contributed by atoms with E-state index in [2.05, 4.69) is 58.3 Å². The second kappa shape index (κ2) is 6.95. The molecule has 1 aliphatic heterocycles. The van der Waals surface area contributed by atoms with Gasteiger partial charge in [-0.05, 0) is 24.6 Å². The predicted octanol–water partition coefficient (Wildman–Crippen LogP) is 2.76. The van der Waals surface area contributed by atoms with E-state index in [0.717, 1.165) is 26.2 Å². The summed E-state index contributed by atoms with van der Waals surface area (Å²) >= 11 is 0. The molecule has 0 unspecified atom stereocenters. The first-order chi connectivity index (χ1) is 10.7. The van der Waals surface area contributed by atoms with E-state index in [1.807, 2.05) is 19.1 Å². The van der Waals surface area contributed by atoms with Gasteiger partial charge in [-0.25, -0.2) is 0 Å². The van der Waals surface area contributed by atoms with Crippen molar-refractivity contribution in [3.8, 4) is 0 Å². The molecule has 0 amide bonds. The number of para-hydroxylation sites is 1. The topological polar surface area (TPSA) is 26.7 Å². The number of nitrogens with zero attached hydrogens (tertiary/aromatic N) is 2. The Kier molecular flexibility index (Phi) is 4.76. The summed E-state index contributed by atoms with van der Waals surface area (Å²) in [5, 5.41) is 10.2.